The van der Waals surface area contributed by atoms with Crippen LogP contribution in [0.25, 0.3) is 0 Å². The Morgan fingerprint density at radius 1 is 0.957 bits per heavy atom. The van der Waals surface area contributed by atoms with Gasteiger partial charge >= 0.3 is 8.80 Å². The summed E-state index contributed by atoms with van der Waals surface area (Å²) in [5.74, 6) is 0. The highest BCUT2D eigenvalue weighted by Crippen LogP contribution is 2.21. The second kappa shape index (κ2) is 12.6. The van der Waals surface area contributed by atoms with Crippen molar-refractivity contribution in [2.75, 3.05) is 46.0 Å². The van der Waals surface area contributed by atoms with E-state index in [1.807, 2.05) is 20.8 Å². The number of rotatable bonds is 13. The van der Waals surface area contributed by atoms with E-state index in [9.17, 15) is 0 Å². The standard InChI is InChI=1S/C16H35N2O3Si.BrH/c1-5-9-12-18(14-11-17-16-18)13-10-15-22(19-6-2,20-7-3)21-8-4;/h16H,5-15H2,1-4H3;1H/q+1;/p-1. The first kappa shape index (κ1) is 23.2. The number of nitrogens with zero attached hydrogens (tertiary/aromatic N) is 2. The van der Waals surface area contributed by atoms with Crippen LogP contribution >= 0.6 is 0 Å². The molecule has 1 aliphatic rings. The average Bonchev–Trinajstić information content (AvgIpc) is 2.95. The summed E-state index contributed by atoms with van der Waals surface area (Å²) in [6.45, 7) is 14.7. The Balaban J connectivity index is 0.00000484. The van der Waals surface area contributed by atoms with E-state index in [1.54, 1.807) is 0 Å². The molecule has 0 aromatic rings. The summed E-state index contributed by atoms with van der Waals surface area (Å²) in [4.78, 5) is 4.48. The molecule has 23 heavy (non-hydrogen) atoms. The van der Waals surface area contributed by atoms with Crippen molar-refractivity contribution in [1.82, 2.24) is 0 Å². The molecule has 1 aliphatic heterocycles. The molecule has 0 saturated carbocycles. The van der Waals surface area contributed by atoms with Gasteiger partial charge in [-0.15, -0.1) is 0 Å². The van der Waals surface area contributed by atoms with E-state index in [4.69, 9.17) is 13.3 Å². The Labute approximate surface area is 154 Å². The molecule has 0 saturated heterocycles. The van der Waals surface area contributed by atoms with Crippen LogP contribution in [-0.4, -0.2) is 65.6 Å². The average molecular weight is 411 g/mol. The first-order valence-electron chi connectivity index (χ1n) is 8.94. The number of quaternary nitrogens is 1. The molecule has 1 rings (SSSR count). The second-order valence-electron chi connectivity index (χ2n) is 5.85. The zero-order valence-electron chi connectivity index (χ0n) is 15.4. The molecular weight excluding hydrogens is 376 g/mol. The van der Waals surface area contributed by atoms with Crippen molar-refractivity contribution in [3.8, 4) is 0 Å². The van der Waals surface area contributed by atoms with E-state index in [-0.39, 0.29) is 17.0 Å². The second-order valence-corrected chi connectivity index (χ2v) is 8.58. The van der Waals surface area contributed by atoms with Gasteiger partial charge in [0, 0.05) is 32.3 Å². The summed E-state index contributed by atoms with van der Waals surface area (Å²) in [6, 6.07) is 0.905. The lowest BCUT2D eigenvalue weighted by molar-refractivity contribution is -0.829. The van der Waals surface area contributed by atoms with Crippen molar-refractivity contribution >= 4 is 15.1 Å². The monoisotopic (exact) mass is 410 g/mol. The predicted molar refractivity (Wildman–Crippen MR) is 93.2 cm³/mol. The summed E-state index contributed by atoms with van der Waals surface area (Å²) in [5, 5.41) is 0. The van der Waals surface area contributed by atoms with Gasteiger partial charge < -0.3 is 30.3 Å². The third kappa shape index (κ3) is 7.75. The first-order valence-corrected chi connectivity index (χ1v) is 10.9. The summed E-state index contributed by atoms with van der Waals surface area (Å²) >= 11 is 0. The number of hydrogen-bond donors (Lipinski definition) is 0. The summed E-state index contributed by atoms with van der Waals surface area (Å²) in [6.07, 6.45) is 5.74. The fourth-order valence-electron chi connectivity index (χ4n) is 3.08. The van der Waals surface area contributed by atoms with Gasteiger partial charge in [0.2, 0.25) is 0 Å². The van der Waals surface area contributed by atoms with Crippen LogP contribution in [-0.2, 0) is 13.3 Å². The molecule has 0 amide bonds. The fourth-order valence-corrected chi connectivity index (χ4v) is 5.67. The Bertz CT molecular complexity index is 317. The molecule has 0 spiro atoms. The minimum absolute atomic E-state index is 0. The van der Waals surface area contributed by atoms with Crippen molar-refractivity contribution < 1.29 is 34.7 Å². The Morgan fingerprint density at radius 2 is 1.52 bits per heavy atom. The van der Waals surface area contributed by atoms with Crippen molar-refractivity contribution in [3.05, 3.63) is 0 Å². The van der Waals surface area contributed by atoms with Crippen LogP contribution in [0.3, 0.4) is 0 Å². The maximum Gasteiger partial charge on any atom is 0.501 e. The number of hydrogen-bond acceptors (Lipinski definition) is 4. The molecule has 5 nitrogen and oxygen atoms in total. The molecule has 0 N–H and O–H groups in total. The maximum atomic E-state index is 5.94. The summed E-state index contributed by atoms with van der Waals surface area (Å²) in [7, 11) is -2.49. The van der Waals surface area contributed by atoms with Crippen LogP contribution in [0.1, 0.15) is 47.0 Å². The van der Waals surface area contributed by atoms with Gasteiger partial charge in [-0.05, 0) is 27.2 Å². The lowest BCUT2D eigenvalue weighted by Crippen LogP contribution is -3.00. The molecular formula is C16H35BrN2O3Si. The SMILES string of the molecule is CCCC[N+]1(CCC[Si](OCC)(OCC)OCC)C=NCC1.[Br-]. The quantitative estimate of drug-likeness (QED) is 0.319. The molecule has 7 heteroatoms. The van der Waals surface area contributed by atoms with E-state index in [0.29, 0.717) is 19.8 Å². The molecule has 0 aliphatic carbocycles. The maximum absolute atomic E-state index is 5.94. The van der Waals surface area contributed by atoms with Crippen molar-refractivity contribution in [3.63, 3.8) is 0 Å². The van der Waals surface area contributed by atoms with Gasteiger partial charge in [-0.3, -0.25) is 4.48 Å². The minimum Gasteiger partial charge on any atom is -1.00 e. The summed E-state index contributed by atoms with van der Waals surface area (Å²) < 4.78 is 18.9. The van der Waals surface area contributed by atoms with Gasteiger partial charge in [0.05, 0.1) is 19.6 Å². The van der Waals surface area contributed by atoms with Gasteiger partial charge in [-0.1, -0.05) is 13.3 Å². The van der Waals surface area contributed by atoms with Crippen LogP contribution in [0.2, 0.25) is 6.04 Å². The smallest absolute Gasteiger partial charge is 0.501 e. The lowest BCUT2D eigenvalue weighted by Gasteiger charge is -2.32. The molecule has 0 radical (unpaired) electrons. The van der Waals surface area contributed by atoms with Crippen molar-refractivity contribution in [1.29, 1.82) is 0 Å². The van der Waals surface area contributed by atoms with Gasteiger partial charge in [0.15, 0.2) is 6.34 Å². The van der Waals surface area contributed by atoms with Gasteiger partial charge in [-0.25, -0.2) is 4.99 Å². The largest absolute Gasteiger partial charge is 1.00 e. The van der Waals surface area contributed by atoms with Crippen molar-refractivity contribution in [2.24, 2.45) is 4.99 Å². The third-order valence-electron chi connectivity index (χ3n) is 4.14. The minimum atomic E-state index is -2.49. The molecule has 0 aromatic heterocycles. The van der Waals surface area contributed by atoms with Crippen LogP contribution in [0.5, 0.6) is 0 Å². The highest BCUT2D eigenvalue weighted by molar-refractivity contribution is 6.60. The first-order chi connectivity index (χ1) is 10.7. The van der Waals surface area contributed by atoms with E-state index >= 15 is 0 Å². The highest BCUT2D eigenvalue weighted by Gasteiger charge is 2.41. The number of halogens is 1. The van der Waals surface area contributed by atoms with Crippen LogP contribution in [0.15, 0.2) is 4.99 Å². The zero-order valence-corrected chi connectivity index (χ0v) is 17.9. The zero-order chi connectivity index (χ0) is 16.3. The molecule has 1 heterocycles. The van der Waals surface area contributed by atoms with Crippen LogP contribution in [0.4, 0.5) is 0 Å². The lowest BCUT2D eigenvalue weighted by atomic mass is 10.2. The number of aliphatic imine (C=N–C) groups is 1. The van der Waals surface area contributed by atoms with Crippen LogP contribution < -0.4 is 17.0 Å². The highest BCUT2D eigenvalue weighted by atomic mass is 79.9. The Morgan fingerprint density at radius 3 is 1.96 bits per heavy atom. The van der Waals surface area contributed by atoms with E-state index in [0.717, 1.165) is 36.6 Å². The third-order valence-corrected chi connectivity index (χ3v) is 7.29. The van der Waals surface area contributed by atoms with E-state index < -0.39 is 8.80 Å². The number of unbranched alkanes of at least 4 members (excludes halogenated alkanes) is 1. The predicted octanol–water partition coefficient (Wildman–Crippen LogP) is 0.0877. The normalized spacial score (nSPS) is 20.7. The molecule has 1 unspecified atom stereocenters. The Kier molecular flexibility index (Phi) is 12.7. The molecule has 0 fully saturated rings. The van der Waals surface area contributed by atoms with Gasteiger partial charge in [0.1, 0.15) is 6.54 Å². The van der Waals surface area contributed by atoms with E-state index in [1.165, 1.54) is 19.4 Å². The fraction of sp³-hybridized carbons (Fsp3) is 0.938. The Hall–Kier alpha value is 0.207. The van der Waals surface area contributed by atoms with Crippen molar-refractivity contribution in [2.45, 2.75) is 53.0 Å². The van der Waals surface area contributed by atoms with Crippen LogP contribution in [0, 0.1) is 0 Å². The van der Waals surface area contributed by atoms with E-state index in [2.05, 4.69) is 18.3 Å². The molecule has 0 bridgehead atoms. The van der Waals surface area contributed by atoms with Gasteiger partial charge in [-0.2, -0.15) is 0 Å². The summed E-state index contributed by atoms with van der Waals surface area (Å²) in [5.41, 5.74) is 0. The topological polar surface area (TPSA) is 40.0 Å². The molecule has 138 valence electrons. The van der Waals surface area contributed by atoms with Gasteiger partial charge in [0.25, 0.3) is 0 Å². The molecule has 0 aromatic carbocycles. The molecule has 1 atom stereocenters.